The third-order valence-corrected chi connectivity index (χ3v) is 4.77. The van der Waals surface area contributed by atoms with Gasteiger partial charge in [-0.3, -0.25) is 9.78 Å². The van der Waals surface area contributed by atoms with Gasteiger partial charge in [-0.25, -0.2) is 4.39 Å². The first-order chi connectivity index (χ1) is 12.6. The largest absolute Gasteiger partial charge is 0.295 e. The number of benzene rings is 2. The summed E-state index contributed by atoms with van der Waals surface area (Å²) in [6.07, 6.45) is 5.39. The second kappa shape index (κ2) is 6.68. The van der Waals surface area contributed by atoms with Crippen molar-refractivity contribution in [2.75, 3.05) is 0 Å². The molecule has 1 heterocycles. The minimum Gasteiger partial charge on any atom is -0.295 e. The zero-order chi connectivity index (χ0) is 18.1. The van der Waals surface area contributed by atoms with Crippen molar-refractivity contribution in [3.63, 3.8) is 0 Å². The quantitative estimate of drug-likeness (QED) is 0.605. The predicted octanol–water partition coefficient (Wildman–Crippen LogP) is 5.11. The molecule has 0 fully saturated rings. The van der Waals surface area contributed by atoms with Gasteiger partial charge in [0.05, 0.1) is 0 Å². The SMILES string of the molecule is CC(=O)c1cccc(/C=C2\c3ccc(F)cc3CCc3ncccc32)c1. The Hall–Kier alpha value is -3.07. The summed E-state index contributed by atoms with van der Waals surface area (Å²) in [7, 11) is 0. The van der Waals surface area contributed by atoms with Gasteiger partial charge in [0.15, 0.2) is 5.78 Å². The van der Waals surface area contributed by atoms with Crippen molar-refractivity contribution in [2.24, 2.45) is 0 Å². The molecule has 2 nitrogen and oxygen atoms in total. The number of halogens is 1. The maximum atomic E-state index is 13.8. The molecule has 0 atom stereocenters. The summed E-state index contributed by atoms with van der Waals surface area (Å²) in [6, 6.07) is 16.5. The molecule has 0 N–H and O–H groups in total. The number of carbonyl (C=O) groups is 1. The van der Waals surface area contributed by atoms with E-state index in [1.807, 2.05) is 36.4 Å². The highest BCUT2D eigenvalue weighted by molar-refractivity contribution is 5.97. The Bertz CT molecular complexity index is 1040. The number of ketones is 1. The molecule has 128 valence electrons. The third kappa shape index (κ3) is 3.08. The minimum absolute atomic E-state index is 0.0376. The number of hydrogen-bond acceptors (Lipinski definition) is 2. The van der Waals surface area contributed by atoms with E-state index in [2.05, 4.69) is 17.1 Å². The molecule has 0 saturated heterocycles. The van der Waals surface area contributed by atoms with Crippen LogP contribution in [0.1, 0.15) is 45.2 Å². The Labute approximate surface area is 152 Å². The molecule has 0 saturated carbocycles. The first-order valence-electron chi connectivity index (χ1n) is 8.67. The van der Waals surface area contributed by atoms with Crippen LogP contribution in [-0.2, 0) is 12.8 Å². The molecule has 1 aliphatic rings. The molecule has 1 aromatic heterocycles. The number of pyridine rings is 1. The molecular weight excluding hydrogens is 325 g/mol. The van der Waals surface area contributed by atoms with Gasteiger partial charge in [0.25, 0.3) is 0 Å². The summed E-state index contributed by atoms with van der Waals surface area (Å²) in [5.74, 6) is -0.184. The van der Waals surface area contributed by atoms with Gasteiger partial charge in [-0.1, -0.05) is 30.3 Å². The molecule has 0 bridgehead atoms. The molecule has 2 aromatic carbocycles. The summed E-state index contributed by atoms with van der Waals surface area (Å²) in [5, 5.41) is 0. The second-order valence-corrected chi connectivity index (χ2v) is 6.54. The molecule has 3 heteroatoms. The highest BCUT2D eigenvalue weighted by Gasteiger charge is 2.19. The van der Waals surface area contributed by atoms with Crippen LogP contribution in [0.25, 0.3) is 11.6 Å². The summed E-state index contributed by atoms with van der Waals surface area (Å²) in [5.41, 5.74) is 6.72. The van der Waals surface area contributed by atoms with E-state index < -0.39 is 0 Å². The lowest BCUT2D eigenvalue weighted by Gasteiger charge is -2.12. The fourth-order valence-electron chi connectivity index (χ4n) is 3.48. The van der Waals surface area contributed by atoms with Crippen LogP contribution in [0.2, 0.25) is 0 Å². The Kier molecular flexibility index (Phi) is 4.21. The predicted molar refractivity (Wildman–Crippen MR) is 101 cm³/mol. The fourth-order valence-corrected chi connectivity index (χ4v) is 3.48. The third-order valence-electron chi connectivity index (χ3n) is 4.77. The molecule has 26 heavy (non-hydrogen) atoms. The Morgan fingerprint density at radius 1 is 1.04 bits per heavy atom. The van der Waals surface area contributed by atoms with Gasteiger partial charge in [-0.2, -0.15) is 0 Å². The van der Waals surface area contributed by atoms with Crippen LogP contribution in [0.15, 0.2) is 60.8 Å². The van der Waals surface area contributed by atoms with Crippen molar-refractivity contribution in [3.05, 3.63) is 100 Å². The molecule has 0 aliphatic heterocycles. The van der Waals surface area contributed by atoms with Crippen LogP contribution < -0.4 is 0 Å². The van der Waals surface area contributed by atoms with E-state index in [9.17, 15) is 9.18 Å². The van der Waals surface area contributed by atoms with E-state index in [0.29, 0.717) is 5.56 Å². The molecule has 0 amide bonds. The lowest BCUT2D eigenvalue weighted by atomic mass is 9.93. The van der Waals surface area contributed by atoms with Crippen molar-refractivity contribution >= 4 is 17.4 Å². The first-order valence-corrected chi connectivity index (χ1v) is 8.67. The summed E-state index contributed by atoms with van der Waals surface area (Å²) >= 11 is 0. The zero-order valence-corrected chi connectivity index (χ0v) is 14.5. The van der Waals surface area contributed by atoms with Crippen LogP contribution in [0.5, 0.6) is 0 Å². The zero-order valence-electron chi connectivity index (χ0n) is 14.5. The number of aromatic nitrogens is 1. The van der Waals surface area contributed by atoms with E-state index in [0.717, 1.165) is 46.4 Å². The van der Waals surface area contributed by atoms with Gasteiger partial charge in [0.1, 0.15) is 5.82 Å². The van der Waals surface area contributed by atoms with Crippen molar-refractivity contribution in [3.8, 4) is 0 Å². The van der Waals surface area contributed by atoms with Crippen molar-refractivity contribution in [1.82, 2.24) is 4.98 Å². The van der Waals surface area contributed by atoms with Crippen molar-refractivity contribution < 1.29 is 9.18 Å². The highest BCUT2D eigenvalue weighted by atomic mass is 19.1. The monoisotopic (exact) mass is 343 g/mol. The van der Waals surface area contributed by atoms with Gasteiger partial charge in [0.2, 0.25) is 0 Å². The Balaban J connectivity index is 1.94. The Morgan fingerprint density at radius 3 is 2.77 bits per heavy atom. The molecule has 1 aliphatic carbocycles. The van der Waals surface area contributed by atoms with E-state index >= 15 is 0 Å². The molecule has 3 aromatic rings. The molecule has 0 spiro atoms. The number of rotatable bonds is 2. The van der Waals surface area contributed by atoms with E-state index in [1.165, 1.54) is 6.07 Å². The van der Waals surface area contributed by atoms with E-state index in [4.69, 9.17) is 0 Å². The van der Waals surface area contributed by atoms with Crippen LogP contribution in [0, 0.1) is 5.82 Å². The summed E-state index contributed by atoms with van der Waals surface area (Å²) in [6.45, 7) is 1.56. The molecule has 4 rings (SSSR count). The number of Topliss-reactive ketones (excluding diaryl/α,β-unsaturated/α-hetero) is 1. The van der Waals surface area contributed by atoms with Crippen LogP contribution in [0.3, 0.4) is 0 Å². The average Bonchev–Trinajstić information content (AvgIpc) is 2.79. The van der Waals surface area contributed by atoms with Crippen LogP contribution >= 0.6 is 0 Å². The number of carbonyl (C=O) groups excluding carboxylic acids is 1. The number of aryl methyl sites for hydroxylation is 2. The summed E-state index contributed by atoms with van der Waals surface area (Å²) in [4.78, 5) is 16.2. The van der Waals surface area contributed by atoms with E-state index in [-0.39, 0.29) is 11.6 Å². The summed E-state index contributed by atoms with van der Waals surface area (Å²) < 4.78 is 13.8. The topological polar surface area (TPSA) is 30.0 Å². The van der Waals surface area contributed by atoms with Crippen molar-refractivity contribution in [2.45, 2.75) is 19.8 Å². The van der Waals surface area contributed by atoms with Crippen LogP contribution in [-0.4, -0.2) is 10.8 Å². The highest BCUT2D eigenvalue weighted by Crippen LogP contribution is 2.34. The smallest absolute Gasteiger partial charge is 0.159 e. The standard InChI is InChI=1S/C23H18FNO/c1-15(26)17-5-2-4-16(12-17)13-22-20-9-8-19(24)14-18(20)7-10-23-21(22)6-3-11-25-23/h2-6,8-9,11-14H,7,10H2,1H3/b22-13+. The molecule has 0 radical (unpaired) electrons. The van der Waals surface area contributed by atoms with Gasteiger partial charge in [0, 0.05) is 23.0 Å². The molecular formula is C23H18FNO. The fraction of sp³-hybridized carbons (Fsp3) is 0.130. The number of fused-ring (bicyclic) bond motifs is 2. The maximum absolute atomic E-state index is 13.8. The van der Waals surface area contributed by atoms with Crippen LogP contribution in [0.4, 0.5) is 4.39 Å². The van der Waals surface area contributed by atoms with E-state index in [1.54, 1.807) is 19.2 Å². The number of hydrogen-bond donors (Lipinski definition) is 0. The lowest BCUT2D eigenvalue weighted by Crippen LogP contribution is -1.96. The van der Waals surface area contributed by atoms with Crippen molar-refractivity contribution in [1.29, 1.82) is 0 Å². The Morgan fingerprint density at radius 2 is 1.92 bits per heavy atom. The normalized spacial score (nSPS) is 14.5. The van der Waals surface area contributed by atoms with Gasteiger partial charge in [-0.05, 0) is 72.4 Å². The lowest BCUT2D eigenvalue weighted by molar-refractivity contribution is 0.101. The average molecular weight is 343 g/mol. The molecule has 0 unspecified atom stereocenters. The van der Waals surface area contributed by atoms with Gasteiger partial charge >= 0.3 is 0 Å². The second-order valence-electron chi connectivity index (χ2n) is 6.54. The van der Waals surface area contributed by atoms with Gasteiger partial charge < -0.3 is 0 Å². The minimum atomic E-state index is -0.222. The number of nitrogens with zero attached hydrogens (tertiary/aromatic N) is 1. The first kappa shape index (κ1) is 16.4. The maximum Gasteiger partial charge on any atom is 0.159 e. The van der Waals surface area contributed by atoms with Gasteiger partial charge in [-0.15, -0.1) is 0 Å².